The maximum Gasteiger partial charge on any atom is 0.0613 e. The van der Waals surface area contributed by atoms with E-state index in [4.69, 9.17) is 0 Å². The molecular weight excluding hydrogens is 224 g/mol. The van der Waals surface area contributed by atoms with Crippen LogP contribution in [0.25, 0.3) is 0 Å². The molecule has 0 amide bonds. The standard InChI is InChI=1S/C15H30N2O/c1-3-15(12-18,16-14-7-8-14)9-5-11-17-10-4-6-13(17)2/h13-14,16,18H,3-12H2,1-2H3. The third-order valence-corrected chi connectivity index (χ3v) is 4.86. The molecule has 106 valence electrons. The average Bonchev–Trinajstić information content (AvgIpc) is 3.11. The maximum absolute atomic E-state index is 9.72. The van der Waals surface area contributed by atoms with Crippen LogP contribution in [-0.4, -0.2) is 47.3 Å². The van der Waals surface area contributed by atoms with Crippen molar-refractivity contribution in [3.8, 4) is 0 Å². The summed E-state index contributed by atoms with van der Waals surface area (Å²) in [5, 5.41) is 13.4. The van der Waals surface area contributed by atoms with Crippen LogP contribution in [0.1, 0.15) is 58.8 Å². The van der Waals surface area contributed by atoms with Crippen LogP contribution in [0.2, 0.25) is 0 Å². The molecule has 2 unspecified atom stereocenters. The lowest BCUT2D eigenvalue weighted by Gasteiger charge is -2.33. The monoisotopic (exact) mass is 254 g/mol. The van der Waals surface area contributed by atoms with E-state index in [1.54, 1.807) is 0 Å². The predicted octanol–water partition coefficient (Wildman–Crippen LogP) is 2.14. The summed E-state index contributed by atoms with van der Waals surface area (Å²) in [7, 11) is 0. The largest absolute Gasteiger partial charge is 0.394 e. The van der Waals surface area contributed by atoms with E-state index in [9.17, 15) is 5.11 Å². The summed E-state index contributed by atoms with van der Waals surface area (Å²) in [4.78, 5) is 2.61. The van der Waals surface area contributed by atoms with Crippen LogP contribution in [0.3, 0.4) is 0 Å². The van der Waals surface area contributed by atoms with Gasteiger partial charge in [-0.15, -0.1) is 0 Å². The fourth-order valence-corrected chi connectivity index (χ4v) is 3.19. The average molecular weight is 254 g/mol. The second kappa shape index (κ2) is 6.36. The van der Waals surface area contributed by atoms with Crippen molar-refractivity contribution >= 4 is 0 Å². The van der Waals surface area contributed by atoms with Crippen LogP contribution >= 0.6 is 0 Å². The molecular formula is C15H30N2O. The first-order valence-corrected chi connectivity index (χ1v) is 7.82. The highest BCUT2D eigenvalue weighted by molar-refractivity contribution is 4.94. The molecule has 0 radical (unpaired) electrons. The van der Waals surface area contributed by atoms with Gasteiger partial charge in [0.05, 0.1) is 6.61 Å². The number of nitrogens with one attached hydrogen (secondary N) is 1. The molecule has 2 N–H and O–H groups in total. The molecule has 2 aliphatic rings. The number of hydrogen-bond acceptors (Lipinski definition) is 3. The first-order chi connectivity index (χ1) is 8.69. The lowest BCUT2D eigenvalue weighted by Crippen LogP contribution is -2.49. The van der Waals surface area contributed by atoms with Gasteiger partial charge in [0.2, 0.25) is 0 Å². The van der Waals surface area contributed by atoms with Gasteiger partial charge in [-0.2, -0.15) is 0 Å². The van der Waals surface area contributed by atoms with E-state index in [-0.39, 0.29) is 12.1 Å². The molecule has 0 aromatic rings. The van der Waals surface area contributed by atoms with E-state index in [0.29, 0.717) is 6.04 Å². The molecule has 18 heavy (non-hydrogen) atoms. The Bertz CT molecular complexity index is 249. The number of hydrogen-bond donors (Lipinski definition) is 2. The number of aliphatic hydroxyl groups is 1. The Labute approximate surface area is 112 Å². The Morgan fingerprint density at radius 3 is 2.61 bits per heavy atom. The van der Waals surface area contributed by atoms with E-state index in [0.717, 1.165) is 18.9 Å². The van der Waals surface area contributed by atoms with E-state index in [2.05, 4.69) is 24.1 Å². The molecule has 0 spiro atoms. The van der Waals surface area contributed by atoms with Gasteiger partial charge in [0.1, 0.15) is 0 Å². The van der Waals surface area contributed by atoms with Crippen LogP contribution in [0.5, 0.6) is 0 Å². The van der Waals surface area contributed by atoms with Crippen molar-refractivity contribution in [3.05, 3.63) is 0 Å². The molecule has 3 heteroatoms. The molecule has 1 saturated heterocycles. The molecule has 0 bridgehead atoms. The fourth-order valence-electron chi connectivity index (χ4n) is 3.19. The summed E-state index contributed by atoms with van der Waals surface area (Å²) < 4.78 is 0. The van der Waals surface area contributed by atoms with Gasteiger partial charge in [0, 0.05) is 17.6 Å². The first-order valence-electron chi connectivity index (χ1n) is 7.82. The van der Waals surface area contributed by atoms with Gasteiger partial charge in [-0.1, -0.05) is 6.92 Å². The lowest BCUT2D eigenvalue weighted by atomic mass is 9.91. The quantitative estimate of drug-likeness (QED) is 0.696. The number of likely N-dealkylation sites (tertiary alicyclic amines) is 1. The van der Waals surface area contributed by atoms with Gasteiger partial charge in [0.25, 0.3) is 0 Å². The summed E-state index contributed by atoms with van der Waals surface area (Å²) in [5.41, 5.74) is -0.00979. The third-order valence-electron chi connectivity index (χ3n) is 4.86. The molecule has 1 heterocycles. The van der Waals surface area contributed by atoms with Gasteiger partial charge >= 0.3 is 0 Å². The Hall–Kier alpha value is -0.120. The minimum absolute atomic E-state index is 0.00979. The Kier molecular flexibility index (Phi) is 5.05. The van der Waals surface area contributed by atoms with Crippen LogP contribution in [0.15, 0.2) is 0 Å². The molecule has 2 rings (SSSR count). The van der Waals surface area contributed by atoms with E-state index >= 15 is 0 Å². The van der Waals surface area contributed by atoms with E-state index in [1.165, 1.54) is 45.2 Å². The highest BCUT2D eigenvalue weighted by Crippen LogP contribution is 2.27. The molecule has 2 atom stereocenters. The van der Waals surface area contributed by atoms with Crippen molar-refractivity contribution in [1.29, 1.82) is 0 Å². The van der Waals surface area contributed by atoms with Crippen molar-refractivity contribution in [1.82, 2.24) is 10.2 Å². The zero-order valence-corrected chi connectivity index (χ0v) is 12.1. The second-order valence-corrected chi connectivity index (χ2v) is 6.34. The summed E-state index contributed by atoms with van der Waals surface area (Å²) in [6.07, 6.45) is 8.67. The molecule has 0 aromatic carbocycles. The van der Waals surface area contributed by atoms with Crippen molar-refractivity contribution in [3.63, 3.8) is 0 Å². The number of nitrogens with zero attached hydrogens (tertiary/aromatic N) is 1. The van der Waals surface area contributed by atoms with Crippen LogP contribution in [0, 0.1) is 0 Å². The van der Waals surface area contributed by atoms with Crippen LogP contribution in [0.4, 0.5) is 0 Å². The highest BCUT2D eigenvalue weighted by Gasteiger charge is 2.34. The van der Waals surface area contributed by atoms with Crippen molar-refractivity contribution in [2.24, 2.45) is 0 Å². The van der Waals surface area contributed by atoms with Crippen molar-refractivity contribution in [2.45, 2.75) is 76.4 Å². The van der Waals surface area contributed by atoms with Gasteiger partial charge in [-0.05, 0) is 65.0 Å². The Balaban J connectivity index is 1.74. The van der Waals surface area contributed by atoms with E-state index in [1.807, 2.05) is 0 Å². The fraction of sp³-hybridized carbons (Fsp3) is 1.00. The Morgan fingerprint density at radius 2 is 2.11 bits per heavy atom. The zero-order valence-electron chi connectivity index (χ0n) is 12.1. The van der Waals surface area contributed by atoms with Crippen LogP contribution < -0.4 is 5.32 Å². The number of aliphatic hydroxyl groups excluding tert-OH is 1. The topological polar surface area (TPSA) is 35.5 Å². The van der Waals surface area contributed by atoms with Crippen LogP contribution in [-0.2, 0) is 0 Å². The van der Waals surface area contributed by atoms with Gasteiger partial charge in [-0.25, -0.2) is 0 Å². The first kappa shape index (κ1) is 14.3. The SMILES string of the molecule is CCC(CO)(CCCN1CCCC1C)NC1CC1. The summed E-state index contributed by atoms with van der Waals surface area (Å²) in [6.45, 7) is 7.30. The highest BCUT2D eigenvalue weighted by atomic mass is 16.3. The normalized spacial score (nSPS) is 28.5. The zero-order chi connectivity index (χ0) is 13.0. The molecule has 1 saturated carbocycles. The summed E-state index contributed by atoms with van der Waals surface area (Å²) in [5.74, 6) is 0. The molecule has 0 aromatic heterocycles. The number of rotatable bonds is 8. The second-order valence-electron chi connectivity index (χ2n) is 6.34. The minimum Gasteiger partial charge on any atom is -0.394 e. The molecule has 1 aliphatic carbocycles. The van der Waals surface area contributed by atoms with Gasteiger partial charge in [-0.3, -0.25) is 0 Å². The predicted molar refractivity (Wildman–Crippen MR) is 75.8 cm³/mol. The molecule has 1 aliphatic heterocycles. The summed E-state index contributed by atoms with van der Waals surface area (Å²) in [6, 6.07) is 1.45. The molecule has 3 nitrogen and oxygen atoms in total. The third kappa shape index (κ3) is 3.69. The smallest absolute Gasteiger partial charge is 0.0613 e. The van der Waals surface area contributed by atoms with E-state index < -0.39 is 0 Å². The van der Waals surface area contributed by atoms with Crippen molar-refractivity contribution in [2.75, 3.05) is 19.7 Å². The molecule has 2 fully saturated rings. The Morgan fingerprint density at radius 1 is 1.33 bits per heavy atom. The van der Waals surface area contributed by atoms with Gasteiger partial charge < -0.3 is 15.3 Å². The van der Waals surface area contributed by atoms with Crippen molar-refractivity contribution < 1.29 is 5.11 Å². The maximum atomic E-state index is 9.72. The van der Waals surface area contributed by atoms with Gasteiger partial charge in [0.15, 0.2) is 0 Å². The summed E-state index contributed by atoms with van der Waals surface area (Å²) >= 11 is 0. The minimum atomic E-state index is -0.00979. The lowest BCUT2D eigenvalue weighted by molar-refractivity contribution is 0.135.